The highest BCUT2D eigenvalue weighted by Gasteiger charge is 2.05. The van der Waals surface area contributed by atoms with Crippen molar-refractivity contribution in [3.05, 3.63) is 42.9 Å². The Hall–Kier alpha value is -1.61. The standard InChI is InChI=1S/C11H12N2O/c1-8(9(2)14)10-3-4-11-12-5-6-13(11)7-10/h3-7,9,14H,1H2,2H3/t9-/m1/s1. The van der Waals surface area contributed by atoms with E-state index in [9.17, 15) is 5.11 Å². The molecule has 14 heavy (non-hydrogen) atoms. The number of aromatic nitrogens is 2. The molecule has 2 aromatic rings. The number of pyridine rings is 1. The maximum Gasteiger partial charge on any atom is 0.136 e. The maximum atomic E-state index is 9.37. The molecule has 0 aromatic carbocycles. The molecule has 2 rings (SSSR count). The Morgan fingerprint density at radius 2 is 2.36 bits per heavy atom. The number of aliphatic hydroxyl groups excluding tert-OH is 1. The van der Waals surface area contributed by atoms with Crippen LogP contribution in [0.2, 0.25) is 0 Å². The van der Waals surface area contributed by atoms with Crippen molar-refractivity contribution in [3.63, 3.8) is 0 Å². The fraction of sp³-hybridized carbons (Fsp3) is 0.182. The molecular formula is C11H12N2O. The van der Waals surface area contributed by atoms with Crippen LogP contribution in [0.4, 0.5) is 0 Å². The number of aliphatic hydroxyl groups is 1. The third kappa shape index (κ3) is 1.42. The van der Waals surface area contributed by atoms with E-state index in [0.717, 1.165) is 16.8 Å². The molecule has 0 aliphatic carbocycles. The van der Waals surface area contributed by atoms with Gasteiger partial charge in [0, 0.05) is 18.6 Å². The van der Waals surface area contributed by atoms with E-state index in [1.54, 1.807) is 13.1 Å². The summed E-state index contributed by atoms with van der Waals surface area (Å²) in [7, 11) is 0. The van der Waals surface area contributed by atoms with Crippen LogP contribution in [-0.2, 0) is 0 Å². The Labute approximate surface area is 82.3 Å². The first-order valence-electron chi connectivity index (χ1n) is 4.48. The lowest BCUT2D eigenvalue weighted by Gasteiger charge is -2.08. The SMILES string of the molecule is C=C(c1ccc2nccn2c1)[C@@H](C)O. The van der Waals surface area contributed by atoms with Crippen LogP contribution >= 0.6 is 0 Å². The number of fused-ring (bicyclic) bond motifs is 1. The van der Waals surface area contributed by atoms with Crippen molar-refractivity contribution in [2.45, 2.75) is 13.0 Å². The average molecular weight is 188 g/mol. The summed E-state index contributed by atoms with van der Waals surface area (Å²) in [6, 6.07) is 3.82. The molecule has 3 nitrogen and oxygen atoms in total. The minimum Gasteiger partial charge on any atom is -0.389 e. The lowest BCUT2D eigenvalue weighted by Crippen LogP contribution is -2.02. The Balaban J connectivity index is 2.48. The summed E-state index contributed by atoms with van der Waals surface area (Å²) in [5, 5.41) is 9.37. The van der Waals surface area contributed by atoms with Gasteiger partial charge in [0.05, 0.1) is 6.10 Å². The molecule has 0 fully saturated rings. The first kappa shape index (κ1) is 8.97. The zero-order valence-electron chi connectivity index (χ0n) is 8.01. The summed E-state index contributed by atoms with van der Waals surface area (Å²) in [5.74, 6) is 0. The van der Waals surface area contributed by atoms with E-state index in [-0.39, 0.29) is 0 Å². The van der Waals surface area contributed by atoms with Crippen molar-refractivity contribution < 1.29 is 5.11 Å². The van der Waals surface area contributed by atoms with Crippen molar-refractivity contribution in [1.29, 1.82) is 0 Å². The average Bonchev–Trinajstić information content (AvgIpc) is 2.62. The molecule has 0 amide bonds. The third-order valence-electron chi connectivity index (χ3n) is 2.26. The van der Waals surface area contributed by atoms with Gasteiger partial charge < -0.3 is 9.51 Å². The van der Waals surface area contributed by atoms with Crippen LogP contribution in [0.1, 0.15) is 12.5 Å². The van der Waals surface area contributed by atoms with E-state index < -0.39 is 6.10 Å². The Kier molecular flexibility index (Phi) is 2.09. The van der Waals surface area contributed by atoms with Crippen LogP contribution < -0.4 is 0 Å². The molecule has 0 bridgehead atoms. The fourth-order valence-corrected chi connectivity index (χ4v) is 1.35. The number of nitrogens with zero attached hydrogens (tertiary/aromatic N) is 2. The molecule has 72 valence electrons. The quantitative estimate of drug-likeness (QED) is 0.779. The Bertz CT molecular complexity index is 471. The minimum atomic E-state index is -0.518. The van der Waals surface area contributed by atoms with Crippen molar-refractivity contribution in [3.8, 4) is 0 Å². The van der Waals surface area contributed by atoms with Gasteiger partial charge in [-0.3, -0.25) is 0 Å². The lowest BCUT2D eigenvalue weighted by atomic mass is 10.1. The molecule has 2 heterocycles. The number of hydrogen-bond donors (Lipinski definition) is 1. The summed E-state index contributed by atoms with van der Waals surface area (Å²) >= 11 is 0. The predicted octanol–water partition coefficient (Wildman–Crippen LogP) is 1.73. The predicted molar refractivity (Wildman–Crippen MR) is 55.9 cm³/mol. The molecule has 1 atom stereocenters. The van der Waals surface area contributed by atoms with Crippen LogP contribution in [0.5, 0.6) is 0 Å². The molecule has 0 spiro atoms. The molecule has 0 radical (unpaired) electrons. The van der Waals surface area contributed by atoms with Gasteiger partial charge in [0.15, 0.2) is 0 Å². The summed E-state index contributed by atoms with van der Waals surface area (Å²) in [4.78, 5) is 4.13. The van der Waals surface area contributed by atoms with Gasteiger partial charge in [0.2, 0.25) is 0 Å². The molecule has 2 aromatic heterocycles. The highest BCUT2D eigenvalue weighted by molar-refractivity contribution is 5.66. The van der Waals surface area contributed by atoms with E-state index in [2.05, 4.69) is 11.6 Å². The van der Waals surface area contributed by atoms with E-state index in [1.807, 2.05) is 28.9 Å². The summed E-state index contributed by atoms with van der Waals surface area (Å²) in [6.45, 7) is 5.54. The molecule has 1 N–H and O–H groups in total. The van der Waals surface area contributed by atoms with Gasteiger partial charge >= 0.3 is 0 Å². The van der Waals surface area contributed by atoms with Crippen LogP contribution in [0.3, 0.4) is 0 Å². The van der Waals surface area contributed by atoms with Crippen molar-refractivity contribution in [1.82, 2.24) is 9.38 Å². The van der Waals surface area contributed by atoms with Gasteiger partial charge in [-0.1, -0.05) is 6.58 Å². The number of hydrogen-bond acceptors (Lipinski definition) is 2. The topological polar surface area (TPSA) is 37.5 Å². The number of imidazole rings is 1. The van der Waals surface area contributed by atoms with Gasteiger partial charge in [-0.05, 0) is 30.2 Å². The summed E-state index contributed by atoms with van der Waals surface area (Å²) < 4.78 is 1.91. The molecule has 0 aliphatic heterocycles. The van der Waals surface area contributed by atoms with Crippen LogP contribution in [0, 0.1) is 0 Å². The van der Waals surface area contributed by atoms with Gasteiger partial charge in [-0.15, -0.1) is 0 Å². The van der Waals surface area contributed by atoms with Crippen molar-refractivity contribution >= 4 is 11.2 Å². The molecular weight excluding hydrogens is 176 g/mol. The normalized spacial score (nSPS) is 13.0. The third-order valence-corrected chi connectivity index (χ3v) is 2.26. The molecule has 0 saturated heterocycles. The van der Waals surface area contributed by atoms with Gasteiger partial charge in [-0.2, -0.15) is 0 Å². The van der Waals surface area contributed by atoms with Crippen molar-refractivity contribution in [2.75, 3.05) is 0 Å². The minimum absolute atomic E-state index is 0.518. The Morgan fingerprint density at radius 1 is 1.57 bits per heavy atom. The largest absolute Gasteiger partial charge is 0.389 e. The second-order valence-corrected chi connectivity index (χ2v) is 3.31. The van der Waals surface area contributed by atoms with E-state index in [4.69, 9.17) is 0 Å². The Morgan fingerprint density at radius 3 is 3.07 bits per heavy atom. The first-order valence-corrected chi connectivity index (χ1v) is 4.48. The van der Waals surface area contributed by atoms with E-state index in [0.29, 0.717) is 0 Å². The molecule has 0 aliphatic rings. The van der Waals surface area contributed by atoms with Gasteiger partial charge in [0.1, 0.15) is 5.65 Å². The van der Waals surface area contributed by atoms with E-state index in [1.165, 1.54) is 0 Å². The second kappa shape index (κ2) is 3.27. The van der Waals surface area contributed by atoms with Crippen LogP contribution in [-0.4, -0.2) is 20.6 Å². The van der Waals surface area contributed by atoms with Crippen LogP contribution in [0.25, 0.3) is 11.2 Å². The summed E-state index contributed by atoms with van der Waals surface area (Å²) in [6.07, 6.45) is 5.01. The molecule has 0 saturated carbocycles. The maximum absolute atomic E-state index is 9.37. The highest BCUT2D eigenvalue weighted by Crippen LogP contribution is 2.16. The van der Waals surface area contributed by atoms with Gasteiger partial charge in [-0.25, -0.2) is 4.98 Å². The first-order chi connectivity index (χ1) is 6.68. The number of rotatable bonds is 2. The van der Waals surface area contributed by atoms with Gasteiger partial charge in [0.25, 0.3) is 0 Å². The zero-order chi connectivity index (χ0) is 10.1. The summed E-state index contributed by atoms with van der Waals surface area (Å²) in [5.41, 5.74) is 2.55. The smallest absolute Gasteiger partial charge is 0.136 e. The van der Waals surface area contributed by atoms with Crippen LogP contribution in [0.15, 0.2) is 37.3 Å². The monoisotopic (exact) mass is 188 g/mol. The molecule has 0 unspecified atom stereocenters. The highest BCUT2D eigenvalue weighted by atomic mass is 16.3. The van der Waals surface area contributed by atoms with E-state index >= 15 is 0 Å². The lowest BCUT2D eigenvalue weighted by molar-refractivity contribution is 0.253. The molecule has 3 heteroatoms. The fourth-order valence-electron chi connectivity index (χ4n) is 1.35. The zero-order valence-corrected chi connectivity index (χ0v) is 8.01. The van der Waals surface area contributed by atoms with Crippen molar-refractivity contribution in [2.24, 2.45) is 0 Å². The second-order valence-electron chi connectivity index (χ2n) is 3.31.